The van der Waals surface area contributed by atoms with Gasteiger partial charge < -0.3 is 0 Å². The first-order valence-corrected chi connectivity index (χ1v) is 9.85. The molecule has 2 aromatic carbocycles. The fourth-order valence-corrected chi connectivity index (χ4v) is 4.12. The van der Waals surface area contributed by atoms with Gasteiger partial charge in [0.05, 0.1) is 0 Å². The predicted octanol–water partition coefficient (Wildman–Crippen LogP) is 6.78. The molecule has 0 heterocycles. The molecule has 0 nitrogen and oxygen atoms in total. The molecular formula is C25H30. The average molecular weight is 331 g/mol. The maximum atomic E-state index is 3.33. The second-order valence-electron chi connectivity index (χ2n) is 7.70. The fourth-order valence-electron chi connectivity index (χ4n) is 4.12. The molecule has 0 radical (unpaired) electrons. The molecular weight excluding hydrogens is 300 g/mol. The van der Waals surface area contributed by atoms with Crippen molar-refractivity contribution >= 4 is 0 Å². The van der Waals surface area contributed by atoms with Crippen LogP contribution >= 0.6 is 0 Å². The van der Waals surface area contributed by atoms with Crippen LogP contribution in [-0.2, 0) is 0 Å². The van der Waals surface area contributed by atoms with Crippen LogP contribution in [0.2, 0.25) is 0 Å². The first kappa shape index (κ1) is 17.8. The highest BCUT2D eigenvalue weighted by Crippen LogP contribution is 2.37. The lowest BCUT2D eigenvalue weighted by molar-refractivity contribution is 0.308. The van der Waals surface area contributed by atoms with E-state index in [4.69, 9.17) is 0 Å². The number of hydrogen-bond acceptors (Lipinski definition) is 0. The van der Waals surface area contributed by atoms with E-state index in [2.05, 4.69) is 75.1 Å². The lowest BCUT2D eigenvalue weighted by Crippen LogP contribution is -2.13. The Bertz CT molecular complexity index is 747. The van der Waals surface area contributed by atoms with Crippen LogP contribution in [0.15, 0.2) is 42.5 Å². The third kappa shape index (κ3) is 4.76. The van der Waals surface area contributed by atoms with E-state index in [-0.39, 0.29) is 0 Å². The molecule has 3 rings (SSSR count). The Morgan fingerprint density at radius 2 is 1.60 bits per heavy atom. The van der Waals surface area contributed by atoms with Gasteiger partial charge in [0.25, 0.3) is 0 Å². The molecule has 130 valence electrons. The minimum atomic E-state index is 0.759. The largest absolute Gasteiger partial charge is 0.0654 e. The summed E-state index contributed by atoms with van der Waals surface area (Å²) < 4.78 is 0. The normalized spacial score (nSPS) is 20.0. The summed E-state index contributed by atoms with van der Waals surface area (Å²) in [6.45, 7) is 6.57. The zero-order valence-electron chi connectivity index (χ0n) is 15.9. The van der Waals surface area contributed by atoms with Gasteiger partial charge >= 0.3 is 0 Å². The minimum Gasteiger partial charge on any atom is -0.0654 e. The molecule has 0 aliphatic heterocycles. The van der Waals surface area contributed by atoms with Crippen LogP contribution in [0.5, 0.6) is 0 Å². The van der Waals surface area contributed by atoms with E-state index in [1.54, 1.807) is 0 Å². The first-order chi connectivity index (χ1) is 12.2. The van der Waals surface area contributed by atoms with Crippen molar-refractivity contribution in [3.05, 3.63) is 70.3 Å². The summed E-state index contributed by atoms with van der Waals surface area (Å²) in [5.74, 6) is 8.39. The molecule has 0 bridgehead atoms. The monoisotopic (exact) mass is 330 g/mol. The molecule has 0 spiro atoms. The summed E-state index contributed by atoms with van der Waals surface area (Å²) >= 11 is 0. The zero-order chi connectivity index (χ0) is 17.6. The summed E-state index contributed by atoms with van der Waals surface area (Å²) in [5.41, 5.74) is 6.30. The van der Waals surface area contributed by atoms with Crippen LogP contribution in [0, 0.1) is 31.6 Å². The highest BCUT2D eigenvalue weighted by Gasteiger charge is 2.21. The molecule has 2 aromatic rings. The molecule has 25 heavy (non-hydrogen) atoms. The first-order valence-electron chi connectivity index (χ1n) is 9.85. The number of rotatable bonds is 3. The van der Waals surface area contributed by atoms with Crippen LogP contribution < -0.4 is 0 Å². The molecule has 0 heteroatoms. The van der Waals surface area contributed by atoms with Crippen LogP contribution in [0.3, 0.4) is 0 Å². The van der Waals surface area contributed by atoms with Gasteiger partial charge in [0.15, 0.2) is 0 Å². The number of aryl methyl sites for hydroxylation is 2. The van der Waals surface area contributed by atoms with Gasteiger partial charge in [-0.3, -0.25) is 0 Å². The summed E-state index contributed by atoms with van der Waals surface area (Å²) in [4.78, 5) is 0. The topological polar surface area (TPSA) is 0 Å². The average Bonchev–Trinajstić information content (AvgIpc) is 2.62. The number of benzene rings is 2. The Morgan fingerprint density at radius 1 is 0.880 bits per heavy atom. The van der Waals surface area contributed by atoms with Crippen LogP contribution in [0.25, 0.3) is 0 Å². The molecule has 0 N–H and O–H groups in total. The van der Waals surface area contributed by atoms with Gasteiger partial charge in [-0.15, -0.1) is 0 Å². The van der Waals surface area contributed by atoms with E-state index in [9.17, 15) is 0 Å². The van der Waals surface area contributed by atoms with Crippen molar-refractivity contribution in [3.8, 4) is 11.8 Å². The minimum absolute atomic E-state index is 0.759. The second-order valence-corrected chi connectivity index (χ2v) is 7.70. The van der Waals surface area contributed by atoms with Gasteiger partial charge in [-0.1, -0.05) is 61.4 Å². The van der Waals surface area contributed by atoms with Crippen molar-refractivity contribution in [2.75, 3.05) is 0 Å². The van der Waals surface area contributed by atoms with Gasteiger partial charge in [-0.05, 0) is 80.7 Å². The number of hydrogen-bond donors (Lipinski definition) is 0. The molecule has 1 saturated carbocycles. The zero-order valence-corrected chi connectivity index (χ0v) is 15.9. The van der Waals surface area contributed by atoms with Gasteiger partial charge in [0, 0.05) is 11.1 Å². The quantitative estimate of drug-likeness (QED) is 0.544. The third-order valence-electron chi connectivity index (χ3n) is 5.65. The fraction of sp³-hybridized carbons (Fsp3) is 0.440. The van der Waals surface area contributed by atoms with Gasteiger partial charge in [0.1, 0.15) is 0 Å². The smallest absolute Gasteiger partial charge is 0.0278 e. The van der Waals surface area contributed by atoms with E-state index in [1.807, 2.05) is 0 Å². The molecule has 0 aromatic heterocycles. The van der Waals surface area contributed by atoms with E-state index in [1.165, 1.54) is 55.2 Å². The standard InChI is InChI=1S/C25H30/c1-4-5-21-8-14-24(15-9-21)25-16-10-22(11-17-25)7-13-23-12-6-19(2)18-20(23)3/h6,10-12,16-18,21,24H,4-5,8-9,14-15H2,1-3H3. The molecule has 1 aliphatic rings. The van der Waals surface area contributed by atoms with E-state index < -0.39 is 0 Å². The van der Waals surface area contributed by atoms with Crippen molar-refractivity contribution in [2.45, 2.75) is 65.2 Å². The Balaban J connectivity index is 1.64. The molecule has 1 aliphatic carbocycles. The molecule has 0 atom stereocenters. The molecule has 1 fully saturated rings. The second kappa shape index (κ2) is 8.39. The van der Waals surface area contributed by atoms with Gasteiger partial charge in [-0.2, -0.15) is 0 Å². The van der Waals surface area contributed by atoms with E-state index in [0.717, 1.165) is 23.0 Å². The molecule has 0 amide bonds. The lowest BCUT2D eigenvalue weighted by atomic mass is 9.77. The van der Waals surface area contributed by atoms with Crippen LogP contribution in [0.1, 0.15) is 79.2 Å². The molecule has 0 saturated heterocycles. The maximum Gasteiger partial charge on any atom is 0.0278 e. The highest BCUT2D eigenvalue weighted by molar-refractivity contribution is 5.47. The van der Waals surface area contributed by atoms with E-state index >= 15 is 0 Å². The van der Waals surface area contributed by atoms with Gasteiger partial charge in [-0.25, -0.2) is 0 Å². The van der Waals surface area contributed by atoms with Gasteiger partial charge in [0.2, 0.25) is 0 Å². The van der Waals surface area contributed by atoms with Crippen molar-refractivity contribution < 1.29 is 0 Å². The summed E-state index contributed by atoms with van der Waals surface area (Å²) in [6.07, 6.45) is 8.29. The Kier molecular flexibility index (Phi) is 5.98. The Labute approximate surface area is 153 Å². The Morgan fingerprint density at radius 3 is 2.24 bits per heavy atom. The highest BCUT2D eigenvalue weighted by atomic mass is 14.3. The lowest BCUT2D eigenvalue weighted by Gasteiger charge is -2.28. The molecule has 0 unspecified atom stereocenters. The van der Waals surface area contributed by atoms with Crippen LogP contribution in [-0.4, -0.2) is 0 Å². The van der Waals surface area contributed by atoms with Crippen molar-refractivity contribution in [3.63, 3.8) is 0 Å². The Hall–Kier alpha value is -2.00. The maximum absolute atomic E-state index is 3.33. The third-order valence-corrected chi connectivity index (χ3v) is 5.65. The SMILES string of the molecule is CCCC1CCC(c2ccc(C#Cc3ccc(C)cc3C)cc2)CC1. The summed E-state index contributed by atoms with van der Waals surface area (Å²) in [7, 11) is 0. The summed E-state index contributed by atoms with van der Waals surface area (Å²) in [6, 6.07) is 15.5. The van der Waals surface area contributed by atoms with Crippen LogP contribution in [0.4, 0.5) is 0 Å². The van der Waals surface area contributed by atoms with Crippen molar-refractivity contribution in [1.82, 2.24) is 0 Å². The predicted molar refractivity (Wildman–Crippen MR) is 108 cm³/mol. The van der Waals surface area contributed by atoms with Crippen molar-refractivity contribution in [2.24, 2.45) is 5.92 Å². The van der Waals surface area contributed by atoms with E-state index in [0.29, 0.717) is 0 Å². The summed E-state index contributed by atoms with van der Waals surface area (Å²) in [5, 5.41) is 0. The van der Waals surface area contributed by atoms with Crippen molar-refractivity contribution in [1.29, 1.82) is 0 Å².